The highest BCUT2D eigenvalue weighted by Gasteiger charge is 1.98. The van der Waals surface area contributed by atoms with Crippen LogP contribution in [0.3, 0.4) is 0 Å². The largest absolute Gasteiger partial charge is 0.399 e. The van der Waals surface area contributed by atoms with E-state index >= 15 is 0 Å². The van der Waals surface area contributed by atoms with E-state index in [1.165, 1.54) is 23.6 Å². The number of anilines is 1. The minimum atomic E-state index is 0.0243. The topological polar surface area (TPSA) is 55.1 Å². The minimum Gasteiger partial charge on any atom is -0.399 e. The molecule has 1 amide bonds. The lowest BCUT2D eigenvalue weighted by Crippen LogP contribution is -2.20. The van der Waals surface area contributed by atoms with Gasteiger partial charge in [-0.2, -0.15) is 0 Å². The molecule has 2 rings (SSSR count). The summed E-state index contributed by atoms with van der Waals surface area (Å²) in [6, 6.07) is 16.3. The van der Waals surface area contributed by atoms with E-state index in [9.17, 15) is 4.79 Å². The molecule has 0 bridgehead atoms. The van der Waals surface area contributed by atoms with E-state index < -0.39 is 0 Å². The molecular weight excluding hydrogens is 428 g/mol. The number of nitrogens with one attached hydrogen (secondary N) is 1. The summed E-state index contributed by atoms with van der Waals surface area (Å²) >= 11 is 0. The van der Waals surface area contributed by atoms with Crippen LogP contribution in [0.25, 0.3) is 16.7 Å². The minimum absolute atomic E-state index is 0.0243. The van der Waals surface area contributed by atoms with Gasteiger partial charge in [0.05, 0.1) is 0 Å². The third-order valence-electron chi connectivity index (χ3n) is 4.46. The molecule has 3 nitrogen and oxygen atoms in total. The molecule has 0 fully saturated rings. The molecule has 0 aliphatic carbocycles. The Morgan fingerprint density at radius 3 is 1.63 bits per heavy atom. The summed E-state index contributed by atoms with van der Waals surface area (Å²) < 4.78 is 0. The fourth-order valence-electron chi connectivity index (χ4n) is 2.42. The first-order valence-corrected chi connectivity index (χ1v) is 12.0. The monoisotopic (exact) mass is 474 g/mol. The van der Waals surface area contributed by atoms with Crippen molar-refractivity contribution in [1.29, 1.82) is 0 Å². The standard InChI is InChI=1S/C15H15N.C8H12.C7H13NO.C2H6/c1-11(2)12-3-5-13(6-4-12)14-7-9-15(16)10-8-14;1-5-6-8(4)7(2)3;1-6(2)4-5-8-7(3)9;1-2/h3-10H,1,16H2,2H3;5-6H,2,4H2,1,3H3;1,4-5H2,2-3H3,(H,8,9);1-2H3/b;6-5-;;. The Morgan fingerprint density at radius 1 is 0.857 bits per heavy atom. The van der Waals surface area contributed by atoms with Gasteiger partial charge >= 0.3 is 0 Å². The van der Waals surface area contributed by atoms with Gasteiger partial charge in [0, 0.05) is 19.2 Å². The summed E-state index contributed by atoms with van der Waals surface area (Å²) in [5.41, 5.74) is 14.2. The van der Waals surface area contributed by atoms with E-state index in [-0.39, 0.29) is 5.91 Å². The number of nitrogens with two attached hydrogens (primary N) is 1. The van der Waals surface area contributed by atoms with Crippen LogP contribution in [0.1, 0.15) is 60.5 Å². The molecule has 2 aromatic carbocycles. The lowest BCUT2D eigenvalue weighted by molar-refractivity contribution is -0.118. The molecule has 0 radical (unpaired) electrons. The van der Waals surface area contributed by atoms with Gasteiger partial charge in [0.2, 0.25) is 5.91 Å². The molecular formula is C32H46N2O. The number of nitrogen functional groups attached to an aromatic ring is 1. The van der Waals surface area contributed by atoms with Crippen molar-refractivity contribution in [3.63, 3.8) is 0 Å². The van der Waals surface area contributed by atoms with Gasteiger partial charge in [-0.1, -0.05) is 98.9 Å². The van der Waals surface area contributed by atoms with E-state index in [4.69, 9.17) is 5.73 Å². The van der Waals surface area contributed by atoms with Crippen LogP contribution < -0.4 is 11.1 Å². The van der Waals surface area contributed by atoms with Crippen molar-refractivity contribution < 1.29 is 4.79 Å². The maximum absolute atomic E-state index is 10.3. The Hall–Kier alpha value is -3.59. The van der Waals surface area contributed by atoms with Crippen molar-refractivity contribution in [3.05, 3.63) is 109 Å². The van der Waals surface area contributed by atoms with Crippen molar-refractivity contribution in [2.45, 2.75) is 54.9 Å². The SMILES string of the molecule is C=C(C)C(=C)/C=C\C.C=C(C)CCNC(C)=O.C=C(C)c1ccc(-c2ccc(N)cc2)cc1.CC. The maximum Gasteiger partial charge on any atom is 0.216 e. The highest BCUT2D eigenvalue weighted by atomic mass is 16.1. The van der Waals surface area contributed by atoms with Gasteiger partial charge in [0.1, 0.15) is 0 Å². The average Bonchev–Trinajstić information content (AvgIpc) is 2.81. The van der Waals surface area contributed by atoms with Crippen LogP contribution in [0.5, 0.6) is 0 Å². The van der Waals surface area contributed by atoms with Gasteiger partial charge in [-0.3, -0.25) is 4.79 Å². The second-order valence-corrected chi connectivity index (χ2v) is 7.98. The molecule has 0 aliphatic rings. The summed E-state index contributed by atoms with van der Waals surface area (Å²) in [7, 11) is 0. The van der Waals surface area contributed by atoms with Crippen LogP contribution in [0, 0.1) is 0 Å². The Balaban J connectivity index is 0. The lowest BCUT2D eigenvalue weighted by Gasteiger charge is -2.04. The zero-order valence-corrected chi connectivity index (χ0v) is 23.0. The molecule has 0 aliphatic heterocycles. The second kappa shape index (κ2) is 19.8. The molecule has 2 aromatic rings. The average molecular weight is 475 g/mol. The summed E-state index contributed by atoms with van der Waals surface area (Å²) in [6.45, 7) is 29.2. The van der Waals surface area contributed by atoms with Crippen LogP contribution in [-0.4, -0.2) is 12.5 Å². The van der Waals surface area contributed by atoms with E-state index in [0.717, 1.165) is 34.4 Å². The van der Waals surface area contributed by atoms with Crippen molar-refractivity contribution >= 4 is 17.2 Å². The predicted molar refractivity (Wildman–Crippen MR) is 159 cm³/mol. The number of hydrogen-bond acceptors (Lipinski definition) is 2. The summed E-state index contributed by atoms with van der Waals surface area (Å²) in [4.78, 5) is 10.3. The number of benzene rings is 2. The first-order chi connectivity index (χ1) is 16.5. The predicted octanol–water partition coefficient (Wildman–Crippen LogP) is 8.78. The van der Waals surface area contributed by atoms with Crippen LogP contribution >= 0.6 is 0 Å². The van der Waals surface area contributed by atoms with Gasteiger partial charge in [-0.05, 0) is 68.5 Å². The number of rotatable bonds is 7. The Kier molecular flexibility index (Phi) is 19.0. The smallest absolute Gasteiger partial charge is 0.216 e. The van der Waals surface area contributed by atoms with Gasteiger partial charge in [-0.15, -0.1) is 6.58 Å². The van der Waals surface area contributed by atoms with Gasteiger partial charge < -0.3 is 11.1 Å². The molecule has 190 valence electrons. The van der Waals surface area contributed by atoms with Crippen molar-refractivity contribution in [2.24, 2.45) is 0 Å². The van der Waals surface area contributed by atoms with Crippen molar-refractivity contribution in [1.82, 2.24) is 5.32 Å². The molecule has 0 saturated carbocycles. The molecule has 0 unspecified atom stereocenters. The van der Waals surface area contributed by atoms with Crippen LogP contribution in [0.4, 0.5) is 5.69 Å². The summed E-state index contributed by atoms with van der Waals surface area (Å²) in [5.74, 6) is 0.0243. The number of hydrogen-bond donors (Lipinski definition) is 2. The summed E-state index contributed by atoms with van der Waals surface area (Å²) in [5, 5.41) is 2.68. The molecule has 0 saturated heterocycles. The summed E-state index contributed by atoms with van der Waals surface area (Å²) in [6.07, 6.45) is 4.78. The van der Waals surface area contributed by atoms with Crippen molar-refractivity contribution in [3.8, 4) is 11.1 Å². The van der Waals surface area contributed by atoms with E-state index in [1.807, 2.05) is 78.0 Å². The van der Waals surface area contributed by atoms with Gasteiger partial charge in [-0.25, -0.2) is 0 Å². The Bertz CT molecular complexity index is 948. The van der Waals surface area contributed by atoms with E-state index in [2.05, 4.69) is 55.9 Å². The number of carbonyl (C=O) groups excluding carboxylic acids is 1. The Morgan fingerprint density at radius 2 is 1.31 bits per heavy atom. The van der Waals surface area contributed by atoms with Crippen LogP contribution in [0.15, 0.2) is 104 Å². The van der Waals surface area contributed by atoms with Crippen LogP contribution in [0.2, 0.25) is 0 Å². The highest BCUT2D eigenvalue weighted by Crippen LogP contribution is 2.22. The molecule has 3 heteroatoms. The first kappa shape index (κ1) is 33.6. The number of carbonyl (C=O) groups is 1. The van der Waals surface area contributed by atoms with Gasteiger partial charge in [0.15, 0.2) is 0 Å². The molecule has 3 N–H and O–H groups in total. The third kappa shape index (κ3) is 17.5. The first-order valence-electron chi connectivity index (χ1n) is 12.0. The molecule has 0 aromatic heterocycles. The van der Waals surface area contributed by atoms with E-state index in [0.29, 0.717) is 6.54 Å². The Labute approximate surface area is 214 Å². The molecule has 35 heavy (non-hydrogen) atoms. The molecule has 0 spiro atoms. The number of amides is 1. The normalized spacial score (nSPS) is 9.23. The molecule has 0 heterocycles. The second-order valence-electron chi connectivity index (χ2n) is 7.98. The van der Waals surface area contributed by atoms with Crippen molar-refractivity contribution in [2.75, 3.05) is 12.3 Å². The third-order valence-corrected chi connectivity index (χ3v) is 4.46. The van der Waals surface area contributed by atoms with Crippen LogP contribution in [-0.2, 0) is 4.79 Å². The fourth-order valence-corrected chi connectivity index (χ4v) is 2.42. The van der Waals surface area contributed by atoms with Gasteiger partial charge in [0.25, 0.3) is 0 Å². The number of allylic oxidation sites excluding steroid dienone is 5. The van der Waals surface area contributed by atoms with E-state index in [1.54, 1.807) is 0 Å². The molecule has 0 atom stereocenters. The quantitative estimate of drug-likeness (QED) is 0.239. The zero-order chi connectivity index (χ0) is 27.4. The fraction of sp³-hybridized carbons (Fsp3) is 0.281. The lowest BCUT2D eigenvalue weighted by atomic mass is 10.0. The zero-order valence-electron chi connectivity index (χ0n) is 23.0. The maximum atomic E-state index is 10.3. The highest BCUT2D eigenvalue weighted by molar-refractivity contribution is 5.72.